The molecule has 1 aliphatic heterocycles. The molecule has 0 unspecified atom stereocenters. The number of piperazine rings is 1. The third-order valence-electron chi connectivity index (χ3n) is 3.66. The van der Waals surface area contributed by atoms with Crippen LogP contribution in [-0.4, -0.2) is 53.8 Å². The summed E-state index contributed by atoms with van der Waals surface area (Å²) in [4.78, 5) is 27.8. The van der Waals surface area contributed by atoms with Crippen LogP contribution in [0.3, 0.4) is 0 Å². The fourth-order valence-corrected chi connectivity index (χ4v) is 2.30. The summed E-state index contributed by atoms with van der Waals surface area (Å²) in [5, 5.41) is 0. The molecule has 2 amide bonds. The van der Waals surface area contributed by atoms with Gasteiger partial charge in [0.1, 0.15) is 0 Å². The number of hydrogen-bond donors (Lipinski definition) is 1. The first-order valence-corrected chi connectivity index (χ1v) is 7.02. The molecule has 0 bridgehead atoms. The van der Waals surface area contributed by atoms with E-state index < -0.39 is 6.04 Å². The average molecular weight is 275 g/mol. The van der Waals surface area contributed by atoms with Crippen LogP contribution in [0.1, 0.15) is 23.7 Å². The lowest BCUT2D eigenvalue weighted by atomic mass is 10.1. The maximum atomic E-state index is 12.3. The van der Waals surface area contributed by atoms with Gasteiger partial charge in [0.15, 0.2) is 0 Å². The van der Waals surface area contributed by atoms with E-state index >= 15 is 0 Å². The normalized spacial score (nSPS) is 16.9. The van der Waals surface area contributed by atoms with Crippen LogP contribution < -0.4 is 5.73 Å². The largest absolute Gasteiger partial charge is 0.338 e. The standard InChI is InChI=1S/C15H21N3O2/c1-2-13(16)15(20)18-10-8-17(9-11-18)14(19)12-6-4-3-5-7-12/h3-7,13H,2,8-11,16H2,1H3/t13-/m0/s1. The Kier molecular flexibility index (Phi) is 4.74. The van der Waals surface area contributed by atoms with Crippen LogP contribution in [-0.2, 0) is 4.79 Å². The van der Waals surface area contributed by atoms with Crippen LogP contribution in [0.5, 0.6) is 0 Å². The topological polar surface area (TPSA) is 66.6 Å². The van der Waals surface area contributed by atoms with Crippen molar-refractivity contribution >= 4 is 11.8 Å². The van der Waals surface area contributed by atoms with Crippen molar-refractivity contribution in [3.8, 4) is 0 Å². The molecular formula is C15H21N3O2. The van der Waals surface area contributed by atoms with E-state index in [0.29, 0.717) is 38.2 Å². The summed E-state index contributed by atoms with van der Waals surface area (Å²) in [7, 11) is 0. The van der Waals surface area contributed by atoms with Crippen molar-refractivity contribution in [1.82, 2.24) is 9.80 Å². The van der Waals surface area contributed by atoms with Gasteiger partial charge >= 0.3 is 0 Å². The first kappa shape index (κ1) is 14.5. The molecule has 0 spiro atoms. The van der Waals surface area contributed by atoms with Crippen molar-refractivity contribution in [1.29, 1.82) is 0 Å². The third-order valence-corrected chi connectivity index (χ3v) is 3.66. The van der Waals surface area contributed by atoms with Crippen LogP contribution in [0.4, 0.5) is 0 Å². The van der Waals surface area contributed by atoms with Gasteiger partial charge in [0.05, 0.1) is 6.04 Å². The molecule has 1 aromatic carbocycles. The molecule has 108 valence electrons. The summed E-state index contributed by atoms with van der Waals surface area (Å²) in [5.41, 5.74) is 6.45. The lowest BCUT2D eigenvalue weighted by molar-refractivity contribution is -0.134. The fourth-order valence-electron chi connectivity index (χ4n) is 2.30. The molecule has 0 saturated carbocycles. The second kappa shape index (κ2) is 6.52. The average Bonchev–Trinajstić information content (AvgIpc) is 2.53. The first-order valence-electron chi connectivity index (χ1n) is 7.02. The molecular weight excluding hydrogens is 254 g/mol. The zero-order valence-electron chi connectivity index (χ0n) is 11.8. The van der Waals surface area contributed by atoms with Gasteiger partial charge in [-0.25, -0.2) is 0 Å². The maximum absolute atomic E-state index is 12.3. The zero-order valence-corrected chi connectivity index (χ0v) is 11.8. The Morgan fingerprint density at radius 1 is 1.10 bits per heavy atom. The highest BCUT2D eigenvalue weighted by Gasteiger charge is 2.26. The fraction of sp³-hybridized carbons (Fsp3) is 0.467. The van der Waals surface area contributed by atoms with Gasteiger partial charge in [0, 0.05) is 31.7 Å². The molecule has 0 aromatic heterocycles. The lowest BCUT2D eigenvalue weighted by Gasteiger charge is -2.35. The number of amides is 2. The maximum Gasteiger partial charge on any atom is 0.253 e. The molecule has 1 fully saturated rings. The first-order chi connectivity index (χ1) is 9.63. The van der Waals surface area contributed by atoms with E-state index in [0.717, 1.165) is 0 Å². The molecule has 1 heterocycles. The summed E-state index contributed by atoms with van der Waals surface area (Å²) in [6, 6.07) is 8.80. The molecule has 0 radical (unpaired) electrons. The Morgan fingerprint density at radius 3 is 2.20 bits per heavy atom. The lowest BCUT2D eigenvalue weighted by Crippen LogP contribution is -2.54. The minimum absolute atomic E-state index is 0.0145. The minimum Gasteiger partial charge on any atom is -0.338 e. The van der Waals surface area contributed by atoms with Crippen molar-refractivity contribution in [2.45, 2.75) is 19.4 Å². The minimum atomic E-state index is -0.425. The molecule has 1 atom stereocenters. The van der Waals surface area contributed by atoms with Gasteiger partial charge in [-0.15, -0.1) is 0 Å². The SMILES string of the molecule is CC[C@H](N)C(=O)N1CCN(C(=O)c2ccccc2)CC1. The van der Waals surface area contributed by atoms with E-state index in [1.807, 2.05) is 37.3 Å². The van der Waals surface area contributed by atoms with E-state index in [4.69, 9.17) is 5.73 Å². The molecule has 1 saturated heterocycles. The highest BCUT2D eigenvalue weighted by atomic mass is 16.2. The van der Waals surface area contributed by atoms with Crippen molar-refractivity contribution in [3.63, 3.8) is 0 Å². The van der Waals surface area contributed by atoms with Crippen LogP contribution >= 0.6 is 0 Å². The molecule has 5 heteroatoms. The van der Waals surface area contributed by atoms with Crippen molar-refractivity contribution in [2.24, 2.45) is 5.73 Å². The summed E-state index contributed by atoms with van der Waals surface area (Å²) in [6.45, 7) is 4.15. The highest BCUT2D eigenvalue weighted by molar-refractivity contribution is 5.94. The van der Waals surface area contributed by atoms with Gasteiger partial charge in [0.2, 0.25) is 5.91 Å². The van der Waals surface area contributed by atoms with Crippen LogP contribution in [0.2, 0.25) is 0 Å². The van der Waals surface area contributed by atoms with Crippen molar-refractivity contribution < 1.29 is 9.59 Å². The van der Waals surface area contributed by atoms with Crippen LogP contribution in [0.15, 0.2) is 30.3 Å². The van der Waals surface area contributed by atoms with Gasteiger partial charge in [-0.1, -0.05) is 25.1 Å². The monoisotopic (exact) mass is 275 g/mol. The highest BCUT2D eigenvalue weighted by Crippen LogP contribution is 2.09. The van der Waals surface area contributed by atoms with Crippen molar-refractivity contribution in [3.05, 3.63) is 35.9 Å². The number of rotatable bonds is 3. The number of nitrogens with zero attached hydrogens (tertiary/aromatic N) is 2. The Morgan fingerprint density at radius 2 is 1.65 bits per heavy atom. The number of hydrogen-bond acceptors (Lipinski definition) is 3. The van der Waals surface area contributed by atoms with Crippen molar-refractivity contribution in [2.75, 3.05) is 26.2 Å². The van der Waals surface area contributed by atoms with E-state index in [9.17, 15) is 9.59 Å². The van der Waals surface area contributed by atoms with E-state index in [2.05, 4.69) is 0 Å². The molecule has 2 N–H and O–H groups in total. The van der Waals surface area contributed by atoms with Crippen LogP contribution in [0.25, 0.3) is 0 Å². The van der Waals surface area contributed by atoms with Gasteiger partial charge in [-0.05, 0) is 18.6 Å². The Bertz CT molecular complexity index is 467. The van der Waals surface area contributed by atoms with Crippen LogP contribution in [0, 0.1) is 0 Å². The number of carbonyl (C=O) groups is 2. The number of carbonyl (C=O) groups excluding carboxylic acids is 2. The Labute approximate surface area is 119 Å². The molecule has 1 aromatic rings. The smallest absolute Gasteiger partial charge is 0.253 e. The second-order valence-electron chi connectivity index (χ2n) is 5.00. The van der Waals surface area contributed by atoms with E-state index in [1.54, 1.807) is 9.80 Å². The predicted molar refractivity (Wildman–Crippen MR) is 77.2 cm³/mol. The molecule has 2 rings (SSSR count). The van der Waals surface area contributed by atoms with Gasteiger partial charge in [0.25, 0.3) is 5.91 Å². The van der Waals surface area contributed by atoms with Gasteiger partial charge < -0.3 is 15.5 Å². The predicted octanol–water partition coefficient (Wildman–Crippen LogP) is 0.708. The summed E-state index contributed by atoms with van der Waals surface area (Å²) >= 11 is 0. The van der Waals surface area contributed by atoms with Gasteiger partial charge in [-0.3, -0.25) is 9.59 Å². The second-order valence-corrected chi connectivity index (χ2v) is 5.00. The number of nitrogens with two attached hydrogens (primary N) is 1. The summed E-state index contributed by atoms with van der Waals surface area (Å²) in [5.74, 6) is 0.0109. The Hall–Kier alpha value is -1.88. The van der Waals surface area contributed by atoms with E-state index in [1.165, 1.54) is 0 Å². The molecule has 1 aliphatic rings. The molecule has 0 aliphatic carbocycles. The summed E-state index contributed by atoms with van der Waals surface area (Å²) in [6.07, 6.45) is 0.641. The van der Waals surface area contributed by atoms with Gasteiger partial charge in [-0.2, -0.15) is 0 Å². The molecule has 20 heavy (non-hydrogen) atoms. The Balaban J connectivity index is 1.92. The van der Waals surface area contributed by atoms with E-state index in [-0.39, 0.29) is 11.8 Å². The number of benzene rings is 1. The quantitative estimate of drug-likeness (QED) is 0.883. The zero-order chi connectivity index (χ0) is 14.5. The summed E-state index contributed by atoms with van der Waals surface area (Å²) < 4.78 is 0. The third kappa shape index (κ3) is 3.17. The molecule has 5 nitrogen and oxygen atoms in total.